The summed E-state index contributed by atoms with van der Waals surface area (Å²) in [5.74, 6) is -0.518. The molecule has 3 heterocycles. The molecule has 0 amide bonds. The SMILES string of the molecule is Cc1nc(CO)c(-c2ccc3c(c2)CC[C@@H](Cc2ccc(F)cc2)O3)c(N2CCC(C)(C)CC2)c1C(OC(C)(C)C)C(=O)O. The third-order valence-corrected chi connectivity index (χ3v) is 8.77. The minimum absolute atomic E-state index is 0.0161. The van der Waals surface area contributed by atoms with Crippen LogP contribution in [0, 0.1) is 18.2 Å². The number of carboxylic acids is 1. The Morgan fingerprint density at radius 1 is 1.16 bits per heavy atom. The van der Waals surface area contributed by atoms with Gasteiger partial charge in [-0.05, 0) is 99.7 Å². The third kappa shape index (κ3) is 7.08. The maximum absolute atomic E-state index is 13.4. The first-order valence-corrected chi connectivity index (χ1v) is 15.6. The molecule has 44 heavy (non-hydrogen) atoms. The Balaban J connectivity index is 1.59. The molecule has 2 aliphatic heterocycles. The lowest BCUT2D eigenvalue weighted by Gasteiger charge is -2.41. The minimum Gasteiger partial charge on any atom is -0.490 e. The van der Waals surface area contributed by atoms with Crippen molar-refractivity contribution < 1.29 is 28.9 Å². The Labute approximate surface area is 260 Å². The lowest BCUT2D eigenvalue weighted by Crippen LogP contribution is -2.39. The molecule has 1 fully saturated rings. The summed E-state index contributed by atoms with van der Waals surface area (Å²) < 4.78 is 26.0. The second-order valence-corrected chi connectivity index (χ2v) is 14.0. The van der Waals surface area contributed by atoms with Gasteiger partial charge in [-0.1, -0.05) is 32.0 Å². The molecule has 0 spiro atoms. The number of halogens is 1. The van der Waals surface area contributed by atoms with E-state index in [0.29, 0.717) is 23.4 Å². The van der Waals surface area contributed by atoms with Crippen molar-refractivity contribution in [3.8, 4) is 16.9 Å². The van der Waals surface area contributed by atoms with Gasteiger partial charge in [-0.15, -0.1) is 0 Å². The second kappa shape index (κ2) is 12.5. The first-order valence-electron chi connectivity index (χ1n) is 15.6. The van der Waals surface area contributed by atoms with Crippen molar-refractivity contribution in [2.75, 3.05) is 18.0 Å². The van der Waals surface area contributed by atoms with Crippen LogP contribution in [0.4, 0.5) is 10.1 Å². The number of aryl methyl sites for hydroxylation is 2. The quantitative estimate of drug-likeness (QED) is 0.281. The molecule has 1 aromatic heterocycles. The van der Waals surface area contributed by atoms with Gasteiger partial charge in [0.1, 0.15) is 17.7 Å². The lowest BCUT2D eigenvalue weighted by atomic mass is 9.81. The molecule has 3 aromatic rings. The number of ether oxygens (including phenoxy) is 2. The molecule has 0 saturated carbocycles. The van der Waals surface area contributed by atoms with Crippen molar-refractivity contribution in [1.82, 2.24) is 4.98 Å². The number of hydrogen-bond acceptors (Lipinski definition) is 6. The zero-order chi connectivity index (χ0) is 31.8. The second-order valence-electron chi connectivity index (χ2n) is 14.0. The molecule has 2 aromatic carbocycles. The Bertz CT molecular complexity index is 1500. The number of carbonyl (C=O) groups is 1. The van der Waals surface area contributed by atoms with Gasteiger partial charge < -0.3 is 24.6 Å². The number of hydrogen-bond donors (Lipinski definition) is 2. The van der Waals surface area contributed by atoms with E-state index in [-0.39, 0.29) is 23.9 Å². The number of carboxylic acid groups (broad SMARTS) is 1. The molecule has 0 aliphatic carbocycles. The number of aromatic nitrogens is 1. The highest BCUT2D eigenvalue weighted by molar-refractivity contribution is 5.88. The van der Waals surface area contributed by atoms with Crippen LogP contribution in [0.5, 0.6) is 5.75 Å². The van der Waals surface area contributed by atoms with Crippen LogP contribution in [-0.2, 0) is 29.0 Å². The summed E-state index contributed by atoms with van der Waals surface area (Å²) in [5.41, 5.74) is 5.52. The molecule has 2 N–H and O–H groups in total. The van der Waals surface area contributed by atoms with Gasteiger partial charge in [0.05, 0.1) is 23.6 Å². The fourth-order valence-corrected chi connectivity index (χ4v) is 6.37. The Kier molecular flexibility index (Phi) is 9.06. The fourth-order valence-electron chi connectivity index (χ4n) is 6.37. The number of aliphatic hydroxyl groups excluding tert-OH is 1. The first-order chi connectivity index (χ1) is 20.7. The predicted octanol–water partition coefficient (Wildman–Crippen LogP) is 7.19. The maximum Gasteiger partial charge on any atom is 0.337 e. The van der Waals surface area contributed by atoms with E-state index in [4.69, 9.17) is 14.5 Å². The van der Waals surface area contributed by atoms with Crippen molar-refractivity contribution >= 4 is 11.7 Å². The van der Waals surface area contributed by atoms with Crippen molar-refractivity contribution in [1.29, 1.82) is 0 Å². The minimum atomic E-state index is -1.23. The average molecular weight is 605 g/mol. The molecule has 236 valence electrons. The van der Waals surface area contributed by atoms with Gasteiger partial charge >= 0.3 is 5.97 Å². The number of aliphatic hydroxyl groups is 1. The van der Waals surface area contributed by atoms with Crippen molar-refractivity contribution in [2.45, 2.75) is 98.1 Å². The van der Waals surface area contributed by atoms with Gasteiger partial charge in [0.2, 0.25) is 0 Å². The number of rotatable bonds is 8. The molecular weight excluding hydrogens is 559 g/mol. The van der Waals surface area contributed by atoms with Gasteiger partial charge in [0.15, 0.2) is 6.10 Å². The number of nitrogens with zero attached hydrogens (tertiary/aromatic N) is 2. The molecule has 0 radical (unpaired) electrons. The highest BCUT2D eigenvalue weighted by atomic mass is 19.1. The van der Waals surface area contributed by atoms with Gasteiger partial charge in [-0.3, -0.25) is 4.98 Å². The third-order valence-electron chi connectivity index (χ3n) is 8.77. The van der Waals surface area contributed by atoms with Gasteiger partial charge in [-0.25, -0.2) is 9.18 Å². The van der Waals surface area contributed by atoms with Crippen LogP contribution in [0.3, 0.4) is 0 Å². The predicted molar refractivity (Wildman–Crippen MR) is 170 cm³/mol. The molecule has 2 atom stereocenters. The van der Waals surface area contributed by atoms with Crippen LogP contribution in [0.25, 0.3) is 11.1 Å². The number of benzene rings is 2. The molecular formula is C36H45FN2O5. The summed E-state index contributed by atoms with van der Waals surface area (Å²) in [5, 5.41) is 21.0. The highest BCUT2D eigenvalue weighted by Crippen LogP contribution is 2.46. The Morgan fingerprint density at radius 2 is 1.84 bits per heavy atom. The van der Waals surface area contributed by atoms with E-state index in [0.717, 1.165) is 72.5 Å². The van der Waals surface area contributed by atoms with E-state index in [1.54, 1.807) is 19.1 Å². The van der Waals surface area contributed by atoms with E-state index in [1.165, 1.54) is 12.1 Å². The zero-order valence-corrected chi connectivity index (χ0v) is 26.7. The number of aliphatic carboxylic acids is 1. The summed E-state index contributed by atoms with van der Waals surface area (Å²) in [7, 11) is 0. The molecule has 1 saturated heterocycles. The molecule has 0 bridgehead atoms. The van der Waals surface area contributed by atoms with Crippen molar-refractivity contribution in [2.24, 2.45) is 5.41 Å². The molecule has 8 heteroatoms. The van der Waals surface area contributed by atoms with E-state index in [2.05, 4.69) is 24.8 Å². The summed E-state index contributed by atoms with van der Waals surface area (Å²) in [4.78, 5) is 19.8. The monoisotopic (exact) mass is 604 g/mol. The van der Waals surface area contributed by atoms with Crippen molar-refractivity contribution in [3.63, 3.8) is 0 Å². The summed E-state index contributed by atoms with van der Waals surface area (Å²) >= 11 is 0. The zero-order valence-electron chi connectivity index (χ0n) is 26.7. The number of fused-ring (bicyclic) bond motifs is 1. The number of pyridine rings is 1. The Morgan fingerprint density at radius 3 is 2.45 bits per heavy atom. The number of piperidine rings is 1. The van der Waals surface area contributed by atoms with Crippen LogP contribution in [0.15, 0.2) is 42.5 Å². The van der Waals surface area contributed by atoms with E-state index >= 15 is 0 Å². The summed E-state index contributed by atoms with van der Waals surface area (Å²) in [6, 6.07) is 12.6. The standard InChI is InChI=1S/C36H45FN2O5/c1-22-30(33(34(41)42)44-35(2,3)4)32(39-17-15-36(5,6)16-18-39)31(28(21-40)38-22)25-10-14-29-24(20-25)9-13-27(43-29)19-23-7-11-26(37)12-8-23/h7-8,10-12,14,20,27,33,40H,9,13,15-19,21H2,1-6H3,(H,41,42)/t27-,33?/m0/s1. The van der Waals surface area contributed by atoms with E-state index in [9.17, 15) is 19.4 Å². The lowest BCUT2D eigenvalue weighted by molar-refractivity contribution is -0.160. The van der Waals surface area contributed by atoms with Crippen LogP contribution in [0.2, 0.25) is 0 Å². The number of anilines is 1. The maximum atomic E-state index is 13.4. The molecule has 1 unspecified atom stereocenters. The molecule has 2 aliphatic rings. The molecule has 7 nitrogen and oxygen atoms in total. The van der Waals surface area contributed by atoms with Crippen LogP contribution < -0.4 is 9.64 Å². The largest absolute Gasteiger partial charge is 0.490 e. The van der Waals surface area contributed by atoms with Crippen LogP contribution >= 0.6 is 0 Å². The smallest absolute Gasteiger partial charge is 0.337 e. The van der Waals surface area contributed by atoms with Gasteiger partial charge in [-0.2, -0.15) is 0 Å². The normalized spacial score (nSPS) is 18.8. The first kappa shape index (κ1) is 31.9. The van der Waals surface area contributed by atoms with Crippen LogP contribution in [-0.4, -0.2) is 46.0 Å². The molecule has 5 rings (SSSR count). The average Bonchev–Trinajstić information content (AvgIpc) is 2.96. The van der Waals surface area contributed by atoms with E-state index in [1.807, 2.05) is 32.9 Å². The highest BCUT2D eigenvalue weighted by Gasteiger charge is 2.37. The topological polar surface area (TPSA) is 92.1 Å². The summed E-state index contributed by atoms with van der Waals surface area (Å²) in [6.45, 7) is 13.1. The van der Waals surface area contributed by atoms with Gasteiger partial charge in [0.25, 0.3) is 0 Å². The van der Waals surface area contributed by atoms with Gasteiger partial charge in [0, 0.05) is 36.3 Å². The Hall–Kier alpha value is -3.49. The van der Waals surface area contributed by atoms with Crippen LogP contribution in [0.1, 0.15) is 88.1 Å². The summed E-state index contributed by atoms with van der Waals surface area (Å²) in [6.07, 6.45) is 2.96. The van der Waals surface area contributed by atoms with E-state index < -0.39 is 17.7 Å². The van der Waals surface area contributed by atoms with Crippen molar-refractivity contribution in [3.05, 3.63) is 76.4 Å². The fraction of sp³-hybridized carbons (Fsp3) is 0.500.